The fourth-order valence-corrected chi connectivity index (χ4v) is 4.41. The molecule has 0 atom stereocenters. The number of hydrogen-bond acceptors (Lipinski definition) is 5. The number of alkyl halides is 3. The van der Waals surface area contributed by atoms with Gasteiger partial charge in [0.25, 0.3) is 0 Å². The van der Waals surface area contributed by atoms with Gasteiger partial charge in [-0.1, -0.05) is 6.92 Å². The summed E-state index contributed by atoms with van der Waals surface area (Å²) in [5.74, 6) is -0.361. The van der Waals surface area contributed by atoms with E-state index >= 15 is 0 Å². The standard InChI is InChI=1S/C19H16F3N3O4S/c1-4-30(27,28)16-9-14-13(24(2)18(26)25(14)3)8-11(16)17-23-12-7-10(19(20,21)22)5-6-15(12)29-17/h5-9H,4H2,1-3H3. The van der Waals surface area contributed by atoms with Crippen LogP contribution >= 0.6 is 0 Å². The average Bonchev–Trinajstić information content (AvgIpc) is 3.21. The smallest absolute Gasteiger partial charge is 0.416 e. The van der Waals surface area contributed by atoms with Gasteiger partial charge in [0, 0.05) is 14.1 Å². The lowest BCUT2D eigenvalue weighted by atomic mass is 10.2. The number of sulfone groups is 1. The number of aryl methyl sites for hydroxylation is 2. The third-order valence-corrected chi connectivity index (χ3v) is 6.80. The number of fused-ring (bicyclic) bond motifs is 2. The molecule has 0 amide bonds. The van der Waals surface area contributed by atoms with Gasteiger partial charge in [0.2, 0.25) is 5.89 Å². The van der Waals surface area contributed by atoms with E-state index < -0.39 is 21.6 Å². The number of aromatic nitrogens is 3. The molecular formula is C19H16F3N3O4S. The first-order valence-corrected chi connectivity index (χ1v) is 10.5. The molecule has 0 aliphatic heterocycles. The van der Waals surface area contributed by atoms with Crippen molar-refractivity contribution in [1.29, 1.82) is 0 Å². The quantitative estimate of drug-likeness (QED) is 0.488. The minimum absolute atomic E-state index is 0.0540. The molecule has 2 heterocycles. The summed E-state index contributed by atoms with van der Waals surface area (Å²) in [6.07, 6.45) is -4.55. The summed E-state index contributed by atoms with van der Waals surface area (Å²) in [6.45, 7) is 1.47. The number of nitrogens with zero attached hydrogens (tertiary/aromatic N) is 3. The van der Waals surface area contributed by atoms with Crippen LogP contribution in [0.5, 0.6) is 0 Å². The summed E-state index contributed by atoms with van der Waals surface area (Å²) < 4.78 is 72.7. The zero-order chi connectivity index (χ0) is 22.0. The van der Waals surface area contributed by atoms with E-state index in [-0.39, 0.29) is 38.9 Å². The summed E-state index contributed by atoms with van der Waals surface area (Å²) in [7, 11) is -0.712. The maximum Gasteiger partial charge on any atom is 0.416 e. The highest BCUT2D eigenvalue weighted by Crippen LogP contribution is 2.36. The molecule has 2 aromatic carbocycles. The van der Waals surface area contributed by atoms with Crippen LogP contribution in [0.1, 0.15) is 12.5 Å². The maximum absolute atomic E-state index is 13.0. The molecule has 0 aliphatic carbocycles. The fourth-order valence-electron chi connectivity index (χ4n) is 3.32. The molecule has 7 nitrogen and oxygen atoms in total. The first-order chi connectivity index (χ1) is 13.9. The van der Waals surface area contributed by atoms with Crippen LogP contribution in [-0.4, -0.2) is 28.3 Å². The molecule has 0 unspecified atom stereocenters. The van der Waals surface area contributed by atoms with Crippen LogP contribution in [0, 0.1) is 0 Å². The third-order valence-electron chi connectivity index (χ3n) is 5.03. The molecule has 0 saturated heterocycles. The topological polar surface area (TPSA) is 87.1 Å². The number of imidazole rings is 1. The van der Waals surface area contributed by atoms with Crippen molar-refractivity contribution in [3.8, 4) is 11.5 Å². The lowest BCUT2D eigenvalue weighted by Crippen LogP contribution is -2.19. The molecule has 2 aromatic heterocycles. The number of rotatable bonds is 3. The van der Waals surface area contributed by atoms with Crippen molar-refractivity contribution in [3.63, 3.8) is 0 Å². The van der Waals surface area contributed by atoms with Crippen LogP contribution in [0.2, 0.25) is 0 Å². The van der Waals surface area contributed by atoms with Crippen molar-refractivity contribution < 1.29 is 26.0 Å². The van der Waals surface area contributed by atoms with Gasteiger partial charge >= 0.3 is 11.9 Å². The summed E-state index contributed by atoms with van der Waals surface area (Å²) in [5.41, 5.74) is -0.303. The molecular weight excluding hydrogens is 423 g/mol. The highest BCUT2D eigenvalue weighted by atomic mass is 32.2. The van der Waals surface area contributed by atoms with Gasteiger partial charge in [-0.25, -0.2) is 18.2 Å². The lowest BCUT2D eigenvalue weighted by Gasteiger charge is -2.08. The molecule has 0 bridgehead atoms. The highest BCUT2D eigenvalue weighted by molar-refractivity contribution is 7.91. The van der Waals surface area contributed by atoms with E-state index in [0.29, 0.717) is 11.0 Å². The Morgan fingerprint density at radius 3 is 2.30 bits per heavy atom. The van der Waals surface area contributed by atoms with E-state index in [1.807, 2.05) is 0 Å². The molecule has 30 heavy (non-hydrogen) atoms. The predicted octanol–water partition coefficient (Wildman–Crippen LogP) is 3.50. The Morgan fingerprint density at radius 2 is 1.70 bits per heavy atom. The second kappa shape index (κ2) is 6.46. The molecule has 11 heteroatoms. The summed E-state index contributed by atoms with van der Waals surface area (Å²) in [4.78, 5) is 16.3. The molecule has 4 rings (SSSR count). The van der Waals surface area contributed by atoms with Crippen molar-refractivity contribution >= 4 is 32.0 Å². The van der Waals surface area contributed by atoms with E-state index in [2.05, 4.69) is 4.98 Å². The van der Waals surface area contributed by atoms with Crippen LogP contribution in [0.25, 0.3) is 33.6 Å². The zero-order valence-electron chi connectivity index (χ0n) is 16.1. The van der Waals surface area contributed by atoms with Crippen LogP contribution in [0.4, 0.5) is 13.2 Å². The first-order valence-electron chi connectivity index (χ1n) is 8.84. The second-order valence-corrected chi connectivity index (χ2v) is 9.09. The van der Waals surface area contributed by atoms with Gasteiger partial charge in [-0.05, 0) is 30.3 Å². The Kier molecular flexibility index (Phi) is 4.35. The van der Waals surface area contributed by atoms with Crippen LogP contribution in [0.3, 0.4) is 0 Å². The molecule has 0 aliphatic rings. The van der Waals surface area contributed by atoms with Crippen LogP contribution < -0.4 is 5.69 Å². The zero-order valence-corrected chi connectivity index (χ0v) is 16.9. The van der Waals surface area contributed by atoms with E-state index in [9.17, 15) is 26.4 Å². The van der Waals surface area contributed by atoms with Crippen molar-refractivity contribution in [2.45, 2.75) is 18.0 Å². The first kappa shape index (κ1) is 20.2. The number of hydrogen-bond donors (Lipinski definition) is 0. The van der Waals surface area contributed by atoms with Crippen molar-refractivity contribution in [1.82, 2.24) is 14.1 Å². The van der Waals surface area contributed by atoms with Crippen molar-refractivity contribution in [2.24, 2.45) is 14.1 Å². The van der Waals surface area contributed by atoms with Crippen molar-refractivity contribution in [2.75, 3.05) is 5.75 Å². The van der Waals surface area contributed by atoms with Gasteiger partial charge in [-0.3, -0.25) is 9.13 Å². The molecule has 0 fully saturated rings. The molecule has 158 valence electrons. The fraction of sp³-hybridized carbons (Fsp3) is 0.263. The normalized spacial score (nSPS) is 12.9. The van der Waals surface area contributed by atoms with E-state index in [4.69, 9.17) is 4.42 Å². The molecule has 0 N–H and O–H groups in total. The van der Waals surface area contributed by atoms with Gasteiger partial charge in [-0.15, -0.1) is 0 Å². The maximum atomic E-state index is 13.0. The Labute approximate surface area is 168 Å². The summed E-state index contributed by atoms with van der Waals surface area (Å²) in [5, 5.41) is 0. The number of benzene rings is 2. The van der Waals surface area contributed by atoms with Gasteiger partial charge in [0.15, 0.2) is 15.4 Å². The van der Waals surface area contributed by atoms with Gasteiger partial charge in [0.05, 0.1) is 32.8 Å². The average molecular weight is 439 g/mol. The SMILES string of the molecule is CCS(=O)(=O)c1cc2c(cc1-c1nc3cc(C(F)(F)F)ccc3o1)n(C)c(=O)n2C. The molecule has 4 aromatic rings. The van der Waals surface area contributed by atoms with Crippen molar-refractivity contribution in [3.05, 3.63) is 46.4 Å². The van der Waals surface area contributed by atoms with E-state index in [1.165, 1.54) is 42.3 Å². The number of oxazole rings is 1. The Balaban J connectivity index is 2.05. The predicted molar refractivity (Wildman–Crippen MR) is 104 cm³/mol. The van der Waals surface area contributed by atoms with Crippen LogP contribution in [-0.2, 0) is 30.1 Å². The summed E-state index contributed by atoms with van der Waals surface area (Å²) >= 11 is 0. The second-order valence-electron chi connectivity index (χ2n) is 6.84. The Morgan fingerprint density at radius 1 is 1.07 bits per heavy atom. The summed E-state index contributed by atoms with van der Waals surface area (Å²) in [6, 6.07) is 5.66. The van der Waals surface area contributed by atoms with Gasteiger partial charge in [0.1, 0.15) is 5.52 Å². The molecule has 0 spiro atoms. The minimum Gasteiger partial charge on any atom is -0.436 e. The number of halogens is 3. The highest BCUT2D eigenvalue weighted by Gasteiger charge is 2.31. The molecule has 0 saturated carbocycles. The third kappa shape index (κ3) is 3.00. The minimum atomic E-state index is -4.55. The Hall–Kier alpha value is -3.08. The van der Waals surface area contributed by atoms with E-state index in [1.54, 1.807) is 0 Å². The molecule has 0 radical (unpaired) electrons. The van der Waals surface area contributed by atoms with Gasteiger partial charge in [-0.2, -0.15) is 13.2 Å². The van der Waals surface area contributed by atoms with Gasteiger partial charge < -0.3 is 4.42 Å². The Bertz CT molecular complexity index is 1480. The van der Waals surface area contributed by atoms with Crippen LogP contribution in [0.15, 0.2) is 44.4 Å². The largest absolute Gasteiger partial charge is 0.436 e. The monoisotopic (exact) mass is 439 g/mol. The lowest BCUT2D eigenvalue weighted by molar-refractivity contribution is -0.137. The van der Waals surface area contributed by atoms with E-state index in [0.717, 1.165) is 18.2 Å².